The van der Waals surface area contributed by atoms with Crippen molar-refractivity contribution in [1.29, 1.82) is 0 Å². The molecular weight excluding hydrogens is 330 g/mol. The second kappa shape index (κ2) is 9.27. The van der Waals surface area contributed by atoms with Crippen LogP contribution in [0.25, 0.3) is 0 Å². The highest BCUT2D eigenvalue weighted by Crippen LogP contribution is 2.11. The number of aliphatic hydroxyl groups is 2. The van der Waals surface area contributed by atoms with E-state index in [9.17, 15) is 14.7 Å². The van der Waals surface area contributed by atoms with Gasteiger partial charge < -0.3 is 15.5 Å². The van der Waals surface area contributed by atoms with Crippen LogP contribution in [0.4, 0.5) is 0 Å². The number of benzene rings is 2. The van der Waals surface area contributed by atoms with Crippen LogP contribution in [-0.4, -0.2) is 40.7 Å². The van der Waals surface area contributed by atoms with E-state index in [0.29, 0.717) is 5.56 Å². The Morgan fingerprint density at radius 3 is 1.92 bits per heavy atom. The van der Waals surface area contributed by atoms with Crippen LogP contribution in [0.15, 0.2) is 48.5 Å². The minimum absolute atomic E-state index is 0.403. The number of hydrogen-bond donors (Lipinski definition) is 3. The van der Waals surface area contributed by atoms with Gasteiger partial charge in [-0.25, -0.2) is 0 Å². The second-order valence-electron chi connectivity index (χ2n) is 6.50. The summed E-state index contributed by atoms with van der Waals surface area (Å²) in [6.07, 6.45) is 0.706. The van der Waals surface area contributed by atoms with Crippen LogP contribution >= 0.6 is 0 Å². The van der Waals surface area contributed by atoms with Crippen LogP contribution < -0.4 is 5.32 Å². The fourth-order valence-corrected chi connectivity index (χ4v) is 2.66. The Kier molecular flexibility index (Phi) is 7.06. The van der Waals surface area contributed by atoms with Crippen LogP contribution in [0.1, 0.15) is 34.0 Å². The second-order valence-corrected chi connectivity index (χ2v) is 6.50. The molecule has 1 amide bonds. The number of Topliss-reactive ketones (excluding diaryl/α,β-unsaturated/α-hetero) is 1. The Balaban J connectivity index is 1.96. The molecule has 0 aliphatic carbocycles. The third-order valence-corrected chi connectivity index (χ3v) is 4.31. The van der Waals surface area contributed by atoms with E-state index in [-0.39, 0.29) is 0 Å². The summed E-state index contributed by atoms with van der Waals surface area (Å²) in [7, 11) is 0. The maximum atomic E-state index is 12.2. The third kappa shape index (κ3) is 5.51. The summed E-state index contributed by atoms with van der Waals surface area (Å²) >= 11 is 0. The van der Waals surface area contributed by atoms with Gasteiger partial charge in [0.1, 0.15) is 12.6 Å². The van der Waals surface area contributed by atoms with Gasteiger partial charge >= 0.3 is 0 Å². The molecule has 0 bridgehead atoms. The molecule has 5 heteroatoms. The van der Waals surface area contributed by atoms with Crippen LogP contribution in [-0.2, 0) is 17.6 Å². The molecule has 0 aliphatic heterocycles. The minimum atomic E-state index is -1.12. The highest BCUT2D eigenvalue weighted by molar-refractivity contribution is 5.98. The van der Waals surface area contributed by atoms with E-state index >= 15 is 0 Å². The van der Waals surface area contributed by atoms with Gasteiger partial charge in [0, 0.05) is 5.56 Å². The first-order valence-corrected chi connectivity index (χ1v) is 8.67. The number of amides is 1. The van der Waals surface area contributed by atoms with Crippen molar-refractivity contribution in [2.45, 2.75) is 38.8 Å². The standard InChI is InChI=1S/C21H25NO4/c1-14-3-5-16(6-4-14)7-8-17-9-11-18(12-10-17)21(26)22-20(15(2)24)19(25)13-23/h3-6,9-12,15,20,23-24H,7-8,13H2,1-2H3,(H,22,26)/t15-,20+/m1/s1. The van der Waals surface area contributed by atoms with E-state index in [4.69, 9.17) is 5.11 Å². The summed E-state index contributed by atoms with van der Waals surface area (Å²) in [5.74, 6) is -1.08. The number of carbonyl (C=O) groups excluding carboxylic acids is 2. The van der Waals surface area contributed by atoms with E-state index in [0.717, 1.165) is 18.4 Å². The Labute approximate surface area is 153 Å². The van der Waals surface area contributed by atoms with Crippen molar-refractivity contribution >= 4 is 11.7 Å². The molecule has 0 radical (unpaired) electrons. The molecule has 0 heterocycles. The zero-order valence-corrected chi connectivity index (χ0v) is 15.1. The van der Waals surface area contributed by atoms with Gasteiger partial charge in [0.05, 0.1) is 6.10 Å². The molecular formula is C21H25NO4. The zero-order valence-electron chi connectivity index (χ0n) is 15.1. The van der Waals surface area contributed by atoms with Crippen molar-refractivity contribution in [3.05, 3.63) is 70.8 Å². The van der Waals surface area contributed by atoms with Gasteiger partial charge in [-0.3, -0.25) is 9.59 Å². The Bertz CT molecular complexity index is 736. The van der Waals surface area contributed by atoms with Crippen molar-refractivity contribution in [1.82, 2.24) is 5.32 Å². The first-order chi connectivity index (χ1) is 12.4. The lowest BCUT2D eigenvalue weighted by atomic mass is 10.0. The summed E-state index contributed by atoms with van der Waals surface area (Å²) in [5.41, 5.74) is 4.01. The molecule has 5 nitrogen and oxygen atoms in total. The highest BCUT2D eigenvalue weighted by atomic mass is 16.3. The summed E-state index contributed by atoms with van der Waals surface area (Å²) in [5, 5.41) is 21.0. The Hall–Kier alpha value is -2.50. The van der Waals surface area contributed by atoms with Crippen LogP contribution in [0.5, 0.6) is 0 Å². The summed E-state index contributed by atoms with van der Waals surface area (Å²) in [6.45, 7) is 2.73. The normalized spacial score (nSPS) is 13.1. The van der Waals surface area contributed by atoms with Gasteiger partial charge in [0.2, 0.25) is 0 Å². The van der Waals surface area contributed by atoms with E-state index < -0.39 is 30.4 Å². The molecule has 0 saturated heterocycles. The predicted octanol–water partition coefficient (Wildman–Crippen LogP) is 1.82. The number of nitrogens with one attached hydrogen (secondary N) is 1. The van der Waals surface area contributed by atoms with Crippen molar-refractivity contribution in [2.24, 2.45) is 0 Å². The van der Waals surface area contributed by atoms with Crippen LogP contribution in [0, 0.1) is 6.92 Å². The van der Waals surface area contributed by atoms with Crippen LogP contribution in [0.3, 0.4) is 0 Å². The molecule has 2 rings (SSSR count). The van der Waals surface area contributed by atoms with Crippen molar-refractivity contribution < 1.29 is 19.8 Å². The number of aliphatic hydroxyl groups excluding tert-OH is 2. The topological polar surface area (TPSA) is 86.6 Å². The molecule has 0 saturated carbocycles. The fraction of sp³-hybridized carbons (Fsp3) is 0.333. The number of hydrogen-bond acceptors (Lipinski definition) is 4. The lowest BCUT2D eigenvalue weighted by Crippen LogP contribution is -2.48. The summed E-state index contributed by atoms with van der Waals surface area (Å²) in [6, 6.07) is 14.5. The average Bonchev–Trinajstić information content (AvgIpc) is 2.65. The number of aryl methyl sites for hydroxylation is 3. The monoisotopic (exact) mass is 355 g/mol. The molecule has 0 aliphatic rings. The van der Waals surface area contributed by atoms with Gasteiger partial charge in [-0.2, -0.15) is 0 Å². The van der Waals surface area contributed by atoms with Gasteiger partial charge in [-0.15, -0.1) is 0 Å². The summed E-state index contributed by atoms with van der Waals surface area (Å²) < 4.78 is 0. The Morgan fingerprint density at radius 2 is 1.46 bits per heavy atom. The SMILES string of the molecule is Cc1ccc(CCc2ccc(C(=O)N[C@H](C(=O)CO)[C@@H](C)O)cc2)cc1. The molecule has 26 heavy (non-hydrogen) atoms. The maximum Gasteiger partial charge on any atom is 0.251 e. The molecule has 2 atom stereocenters. The van der Waals surface area contributed by atoms with E-state index in [1.54, 1.807) is 12.1 Å². The lowest BCUT2D eigenvalue weighted by Gasteiger charge is -2.19. The Morgan fingerprint density at radius 1 is 0.962 bits per heavy atom. The van der Waals surface area contributed by atoms with E-state index in [1.165, 1.54) is 18.1 Å². The molecule has 0 aromatic heterocycles. The van der Waals surface area contributed by atoms with E-state index in [1.807, 2.05) is 12.1 Å². The van der Waals surface area contributed by atoms with Gasteiger partial charge in [-0.1, -0.05) is 42.0 Å². The fourth-order valence-electron chi connectivity index (χ4n) is 2.66. The van der Waals surface area contributed by atoms with E-state index in [2.05, 4.69) is 36.5 Å². The van der Waals surface area contributed by atoms with Crippen molar-refractivity contribution in [2.75, 3.05) is 6.61 Å². The predicted molar refractivity (Wildman–Crippen MR) is 100 cm³/mol. The van der Waals surface area contributed by atoms with Crippen LogP contribution in [0.2, 0.25) is 0 Å². The third-order valence-electron chi connectivity index (χ3n) is 4.31. The first kappa shape index (κ1) is 19.8. The summed E-state index contributed by atoms with van der Waals surface area (Å²) in [4.78, 5) is 23.8. The quantitative estimate of drug-likeness (QED) is 0.674. The van der Waals surface area contributed by atoms with Gasteiger partial charge in [-0.05, 0) is 49.9 Å². The smallest absolute Gasteiger partial charge is 0.251 e. The average molecular weight is 355 g/mol. The first-order valence-electron chi connectivity index (χ1n) is 8.67. The van der Waals surface area contributed by atoms with Crippen molar-refractivity contribution in [3.63, 3.8) is 0 Å². The number of ketones is 1. The molecule has 3 N–H and O–H groups in total. The lowest BCUT2D eigenvalue weighted by molar-refractivity contribution is -0.125. The maximum absolute atomic E-state index is 12.2. The van der Waals surface area contributed by atoms with Gasteiger partial charge in [0.25, 0.3) is 5.91 Å². The molecule has 2 aromatic carbocycles. The zero-order chi connectivity index (χ0) is 19.1. The number of rotatable bonds is 8. The minimum Gasteiger partial charge on any atom is -0.391 e. The molecule has 0 spiro atoms. The van der Waals surface area contributed by atoms with Gasteiger partial charge in [0.15, 0.2) is 5.78 Å². The highest BCUT2D eigenvalue weighted by Gasteiger charge is 2.25. The molecule has 0 unspecified atom stereocenters. The molecule has 2 aromatic rings. The largest absolute Gasteiger partial charge is 0.391 e. The molecule has 0 fully saturated rings. The van der Waals surface area contributed by atoms with Crippen molar-refractivity contribution in [3.8, 4) is 0 Å². The molecule has 138 valence electrons. The number of carbonyl (C=O) groups is 2.